The van der Waals surface area contributed by atoms with Crippen LogP contribution in [0.25, 0.3) is 10.8 Å². The third kappa shape index (κ3) is 3.20. The molecule has 1 fully saturated rings. The fraction of sp³-hybridized carbons (Fsp3) is 0.105. The van der Waals surface area contributed by atoms with E-state index in [0.717, 1.165) is 4.90 Å². The van der Waals surface area contributed by atoms with Crippen molar-refractivity contribution in [2.75, 3.05) is 11.9 Å². The number of anilines is 1. The zero-order valence-electron chi connectivity index (χ0n) is 14.6. The minimum Gasteiger partial charge on any atom is -0.329 e. The Balaban J connectivity index is 1.58. The molecule has 9 nitrogen and oxygen atoms in total. The zero-order valence-corrected chi connectivity index (χ0v) is 14.6. The topological polar surface area (TPSA) is 124 Å². The van der Waals surface area contributed by atoms with Crippen LogP contribution in [0.2, 0.25) is 0 Å². The lowest BCUT2D eigenvalue weighted by molar-refractivity contribution is -0.125. The quantitative estimate of drug-likeness (QED) is 0.590. The SMILES string of the molecule is O=C(Nc1cccc(CN2C(=O)CNC2=O)c1)c1n[nH]c(=O)c2ccccc12. The molecule has 4 rings (SSSR count). The second-order valence-electron chi connectivity index (χ2n) is 6.24. The summed E-state index contributed by atoms with van der Waals surface area (Å²) in [6, 6.07) is 13.1. The van der Waals surface area contributed by atoms with Gasteiger partial charge in [0.25, 0.3) is 11.5 Å². The molecular formula is C19H15N5O4. The number of nitrogens with zero attached hydrogens (tertiary/aromatic N) is 2. The summed E-state index contributed by atoms with van der Waals surface area (Å²) in [5, 5.41) is 12.2. The summed E-state index contributed by atoms with van der Waals surface area (Å²) in [5.74, 6) is -0.789. The molecular weight excluding hydrogens is 362 g/mol. The van der Waals surface area contributed by atoms with Crippen molar-refractivity contribution >= 4 is 34.3 Å². The molecule has 0 saturated carbocycles. The van der Waals surface area contributed by atoms with Crippen molar-refractivity contribution in [3.63, 3.8) is 0 Å². The van der Waals surface area contributed by atoms with Gasteiger partial charge in [-0.15, -0.1) is 0 Å². The molecule has 0 unspecified atom stereocenters. The van der Waals surface area contributed by atoms with Gasteiger partial charge < -0.3 is 10.6 Å². The molecule has 9 heteroatoms. The second kappa shape index (κ2) is 6.95. The molecule has 2 heterocycles. The van der Waals surface area contributed by atoms with Crippen molar-refractivity contribution in [1.29, 1.82) is 0 Å². The van der Waals surface area contributed by atoms with Crippen LogP contribution in [-0.4, -0.2) is 39.5 Å². The first kappa shape index (κ1) is 17.4. The summed E-state index contributed by atoms with van der Waals surface area (Å²) in [6.45, 7) is 0.0917. The largest absolute Gasteiger partial charge is 0.329 e. The molecule has 140 valence electrons. The van der Waals surface area contributed by atoms with Crippen LogP contribution in [0.4, 0.5) is 10.5 Å². The zero-order chi connectivity index (χ0) is 19.7. The van der Waals surface area contributed by atoms with Crippen LogP contribution in [0.3, 0.4) is 0 Å². The number of hydrogen-bond donors (Lipinski definition) is 3. The number of aromatic amines is 1. The van der Waals surface area contributed by atoms with Crippen LogP contribution < -0.4 is 16.2 Å². The van der Waals surface area contributed by atoms with Gasteiger partial charge >= 0.3 is 6.03 Å². The van der Waals surface area contributed by atoms with Gasteiger partial charge in [-0.25, -0.2) is 9.89 Å². The second-order valence-corrected chi connectivity index (χ2v) is 6.24. The van der Waals surface area contributed by atoms with Crippen LogP contribution in [0, 0.1) is 0 Å². The van der Waals surface area contributed by atoms with Gasteiger partial charge in [0.1, 0.15) is 0 Å². The van der Waals surface area contributed by atoms with E-state index in [1.807, 2.05) is 0 Å². The number of benzene rings is 2. The van der Waals surface area contributed by atoms with Crippen molar-refractivity contribution in [1.82, 2.24) is 20.4 Å². The molecule has 2 aromatic carbocycles. The number of imide groups is 1. The first-order chi connectivity index (χ1) is 13.5. The van der Waals surface area contributed by atoms with E-state index >= 15 is 0 Å². The summed E-state index contributed by atoms with van der Waals surface area (Å²) in [5.41, 5.74) is 0.881. The Morgan fingerprint density at radius 1 is 1.07 bits per heavy atom. The Labute approximate surface area is 158 Å². The molecule has 0 bridgehead atoms. The number of nitrogens with one attached hydrogen (secondary N) is 3. The predicted molar refractivity (Wildman–Crippen MR) is 101 cm³/mol. The highest BCUT2D eigenvalue weighted by Crippen LogP contribution is 2.17. The molecule has 1 aliphatic rings. The Hall–Kier alpha value is -4.01. The van der Waals surface area contributed by atoms with Gasteiger partial charge in [-0.3, -0.25) is 19.3 Å². The van der Waals surface area contributed by atoms with E-state index in [0.29, 0.717) is 22.0 Å². The molecule has 0 spiro atoms. The first-order valence-electron chi connectivity index (χ1n) is 8.49. The molecule has 3 N–H and O–H groups in total. The van der Waals surface area contributed by atoms with E-state index in [-0.39, 0.29) is 30.2 Å². The lowest BCUT2D eigenvalue weighted by Crippen LogP contribution is -2.30. The van der Waals surface area contributed by atoms with Crippen LogP contribution in [0.15, 0.2) is 53.3 Å². The van der Waals surface area contributed by atoms with Gasteiger partial charge in [0, 0.05) is 11.1 Å². The van der Waals surface area contributed by atoms with Gasteiger partial charge in [-0.2, -0.15) is 5.10 Å². The van der Waals surface area contributed by atoms with Crippen molar-refractivity contribution in [3.05, 3.63) is 70.1 Å². The van der Waals surface area contributed by atoms with E-state index in [9.17, 15) is 19.2 Å². The molecule has 4 amide bonds. The van der Waals surface area contributed by atoms with Gasteiger partial charge in [0.15, 0.2) is 5.69 Å². The van der Waals surface area contributed by atoms with Crippen LogP contribution in [0.5, 0.6) is 0 Å². The number of H-pyrrole nitrogens is 1. The normalized spacial score (nSPS) is 13.6. The van der Waals surface area contributed by atoms with Gasteiger partial charge in [0.2, 0.25) is 5.91 Å². The smallest absolute Gasteiger partial charge is 0.324 e. The summed E-state index contributed by atoms with van der Waals surface area (Å²) in [6.07, 6.45) is 0. The van der Waals surface area contributed by atoms with Crippen molar-refractivity contribution in [2.24, 2.45) is 0 Å². The van der Waals surface area contributed by atoms with Gasteiger partial charge in [-0.05, 0) is 23.8 Å². The number of urea groups is 1. The molecule has 0 radical (unpaired) electrons. The minimum atomic E-state index is -0.486. The van der Waals surface area contributed by atoms with Crippen molar-refractivity contribution in [3.8, 4) is 0 Å². The molecule has 1 aromatic heterocycles. The number of hydrogen-bond acceptors (Lipinski definition) is 5. The standard InChI is InChI=1S/C19H15N5O4/c25-15-9-20-19(28)24(15)10-11-4-3-5-12(8-11)21-18(27)16-13-6-1-2-7-14(13)17(26)23-22-16/h1-8H,9-10H2,(H,20,28)(H,21,27)(H,23,26). The van der Waals surface area contributed by atoms with Crippen molar-refractivity contribution in [2.45, 2.75) is 6.54 Å². The monoisotopic (exact) mass is 377 g/mol. The average Bonchev–Trinajstić information content (AvgIpc) is 3.01. The third-order valence-corrected chi connectivity index (χ3v) is 4.37. The maximum atomic E-state index is 12.7. The number of carbonyl (C=O) groups is 3. The fourth-order valence-corrected chi connectivity index (χ4v) is 3.02. The lowest BCUT2D eigenvalue weighted by atomic mass is 10.1. The average molecular weight is 377 g/mol. The Morgan fingerprint density at radius 2 is 1.86 bits per heavy atom. The van der Waals surface area contributed by atoms with E-state index < -0.39 is 11.9 Å². The number of carbonyl (C=O) groups excluding carboxylic acids is 3. The molecule has 1 aliphatic heterocycles. The summed E-state index contributed by atoms with van der Waals surface area (Å²) < 4.78 is 0. The van der Waals surface area contributed by atoms with E-state index in [4.69, 9.17) is 0 Å². The first-order valence-corrected chi connectivity index (χ1v) is 8.49. The van der Waals surface area contributed by atoms with E-state index in [1.54, 1.807) is 48.5 Å². The highest BCUT2D eigenvalue weighted by molar-refractivity contribution is 6.11. The molecule has 0 atom stereocenters. The summed E-state index contributed by atoms with van der Waals surface area (Å²) in [4.78, 5) is 49.0. The predicted octanol–water partition coefficient (Wildman–Crippen LogP) is 1.23. The Bertz CT molecular complexity index is 1150. The summed E-state index contributed by atoms with van der Waals surface area (Å²) >= 11 is 0. The van der Waals surface area contributed by atoms with Gasteiger partial charge in [0.05, 0.1) is 18.5 Å². The third-order valence-electron chi connectivity index (χ3n) is 4.37. The number of rotatable bonds is 4. The highest BCUT2D eigenvalue weighted by atomic mass is 16.2. The maximum Gasteiger partial charge on any atom is 0.324 e. The Kier molecular flexibility index (Phi) is 4.32. The van der Waals surface area contributed by atoms with Crippen LogP contribution >= 0.6 is 0 Å². The van der Waals surface area contributed by atoms with E-state index in [2.05, 4.69) is 20.8 Å². The lowest BCUT2D eigenvalue weighted by Gasteiger charge is -2.13. The van der Waals surface area contributed by atoms with Crippen LogP contribution in [-0.2, 0) is 11.3 Å². The molecule has 3 aromatic rings. The van der Waals surface area contributed by atoms with Crippen molar-refractivity contribution < 1.29 is 14.4 Å². The molecule has 28 heavy (non-hydrogen) atoms. The number of amides is 4. The minimum absolute atomic E-state index is 0.0137. The summed E-state index contributed by atoms with van der Waals surface area (Å²) in [7, 11) is 0. The number of fused-ring (bicyclic) bond motifs is 1. The number of aromatic nitrogens is 2. The highest BCUT2D eigenvalue weighted by Gasteiger charge is 2.28. The van der Waals surface area contributed by atoms with Crippen LogP contribution in [0.1, 0.15) is 16.1 Å². The molecule has 1 saturated heterocycles. The molecule has 0 aliphatic carbocycles. The fourth-order valence-electron chi connectivity index (χ4n) is 3.02. The maximum absolute atomic E-state index is 12.7. The van der Waals surface area contributed by atoms with Gasteiger partial charge in [-0.1, -0.05) is 30.3 Å². The Morgan fingerprint density at radius 3 is 2.61 bits per heavy atom. The van der Waals surface area contributed by atoms with E-state index in [1.165, 1.54) is 0 Å².